The smallest absolute Gasteiger partial charge is 0.254 e. The molecule has 1 amide bonds. The van der Waals surface area contributed by atoms with Crippen molar-refractivity contribution in [2.75, 3.05) is 36.8 Å². The van der Waals surface area contributed by atoms with Gasteiger partial charge in [0.1, 0.15) is 0 Å². The van der Waals surface area contributed by atoms with Crippen LogP contribution in [0.25, 0.3) is 10.2 Å². The number of fused-ring (bicyclic) bond motifs is 1. The van der Waals surface area contributed by atoms with E-state index in [1.807, 2.05) is 23.1 Å². The molecule has 1 aliphatic heterocycles. The number of thioether (sulfide) groups is 1. The van der Waals surface area contributed by atoms with Crippen LogP contribution >= 0.6 is 23.1 Å². The first-order valence-electron chi connectivity index (χ1n) is 9.29. The number of benzene rings is 2. The van der Waals surface area contributed by atoms with Crippen LogP contribution in [0.4, 0.5) is 5.13 Å². The van der Waals surface area contributed by atoms with E-state index < -0.39 is 0 Å². The standard InChI is InChI=1S/C21H23N3OS2/c1-3-26-17-8-5-7-16(14-17)20(25)23-10-12-24(13-11-23)21-22-19-15(2)6-4-9-18(19)27-21/h4-9,14H,3,10-13H2,1-2H3. The number of aromatic nitrogens is 1. The van der Waals surface area contributed by atoms with E-state index in [0.29, 0.717) is 0 Å². The van der Waals surface area contributed by atoms with Gasteiger partial charge in [-0.25, -0.2) is 4.98 Å². The molecule has 4 nitrogen and oxygen atoms in total. The number of thiazole rings is 1. The monoisotopic (exact) mass is 397 g/mol. The molecule has 1 aliphatic rings. The maximum absolute atomic E-state index is 12.9. The first kappa shape index (κ1) is 18.3. The summed E-state index contributed by atoms with van der Waals surface area (Å²) in [6.07, 6.45) is 0. The van der Waals surface area contributed by atoms with Gasteiger partial charge < -0.3 is 9.80 Å². The number of hydrogen-bond donors (Lipinski definition) is 0. The molecule has 0 N–H and O–H groups in total. The Hall–Kier alpha value is -2.05. The van der Waals surface area contributed by atoms with Crippen molar-refractivity contribution in [1.82, 2.24) is 9.88 Å². The fourth-order valence-electron chi connectivity index (χ4n) is 3.38. The molecular formula is C21H23N3OS2. The maximum atomic E-state index is 12.9. The molecule has 6 heteroatoms. The van der Waals surface area contributed by atoms with Gasteiger partial charge in [-0.05, 0) is 42.5 Å². The number of anilines is 1. The van der Waals surface area contributed by atoms with Crippen molar-refractivity contribution in [1.29, 1.82) is 0 Å². The van der Waals surface area contributed by atoms with Crippen LogP contribution in [0, 0.1) is 6.92 Å². The number of para-hydroxylation sites is 1. The molecule has 2 aromatic carbocycles. The Morgan fingerprint density at radius 2 is 1.93 bits per heavy atom. The summed E-state index contributed by atoms with van der Waals surface area (Å²) in [5, 5.41) is 1.06. The Labute approximate surface area is 168 Å². The highest BCUT2D eigenvalue weighted by atomic mass is 32.2. The Morgan fingerprint density at radius 3 is 2.67 bits per heavy atom. The van der Waals surface area contributed by atoms with Gasteiger partial charge in [-0.1, -0.05) is 36.5 Å². The number of amides is 1. The second-order valence-electron chi connectivity index (χ2n) is 6.66. The van der Waals surface area contributed by atoms with Crippen LogP contribution in [0.1, 0.15) is 22.8 Å². The number of aryl methyl sites for hydroxylation is 1. The summed E-state index contributed by atoms with van der Waals surface area (Å²) in [6, 6.07) is 14.3. The minimum absolute atomic E-state index is 0.133. The molecule has 27 heavy (non-hydrogen) atoms. The third-order valence-corrected chi connectivity index (χ3v) is 6.80. The average molecular weight is 398 g/mol. The van der Waals surface area contributed by atoms with Crippen LogP contribution in [0.5, 0.6) is 0 Å². The summed E-state index contributed by atoms with van der Waals surface area (Å²) >= 11 is 3.51. The normalized spacial score (nSPS) is 14.7. The van der Waals surface area contributed by atoms with Gasteiger partial charge in [-0.2, -0.15) is 0 Å². The summed E-state index contributed by atoms with van der Waals surface area (Å²) in [4.78, 5) is 23.1. The first-order valence-corrected chi connectivity index (χ1v) is 11.1. The van der Waals surface area contributed by atoms with Crippen LogP contribution in [0.2, 0.25) is 0 Å². The molecule has 0 unspecified atom stereocenters. The van der Waals surface area contributed by atoms with Crippen LogP contribution in [-0.4, -0.2) is 47.7 Å². The third-order valence-electron chi connectivity index (χ3n) is 4.84. The number of piperazine rings is 1. The maximum Gasteiger partial charge on any atom is 0.254 e. The molecule has 1 aromatic heterocycles. The number of carbonyl (C=O) groups is 1. The van der Waals surface area contributed by atoms with Crippen molar-refractivity contribution in [3.05, 3.63) is 53.6 Å². The second kappa shape index (κ2) is 7.90. The topological polar surface area (TPSA) is 36.4 Å². The van der Waals surface area contributed by atoms with Crippen LogP contribution in [0.3, 0.4) is 0 Å². The van der Waals surface area contributed by atoms with Gasteiger partial charge in [-0.3, -0.25) is 4.79 Å². The molecule has 4 rings (SSSR count). The van der Waals surface area contributed by atoms with E-state index in [2.05, 4.69) is 43.0 Å². The van der Waals surface area contributed by atoms with Gasteiger partial charge in [0.05, 0.1) is 10.2 Å². The minimum atomic E-state index is 0.133. The summed E-state index contributed by atoms with van der Waals surface area (Å²) in [5.74, 6) is 1.14. The van der Waals surface area contributed by atoms with Crippen molar-refractivity contribution in [2.45, 2.75) is 18.7 Å². The van der Waals surface area contributed by atoms with Crippen molar-refractivity contribution >= 4 is 44.4 Å². The molecular weight excluding hydrogens is 374 g/mol. The summed E-state index contributed by atoms with van der Waals surface area (Å²) < 4.78 is 1.23. The number of hydrogen-bond acceptors (Lipinski definition) is 5. The van der Waals surface area contributed by atoms with Gasteiger partial charge in [0, 0.05) is 36.6 Å². The zero-order valence-corrected chi connectivity index (χ0v) is 17.3. The molecule has 0 saturated carbocycles. The summed E-state index contributed by atoms with van der Waals surface area (Å²) in [6.45, 7) is 7.36. The highest BCUT2D eigenvalue weighted by Gasteiger charge is 2.24. The van der Waals surface area contributed by atoms with E-state index in [9.17, 15) is 4.79 Å². The van der Waals surface area contributed by atoms with E-state index in [0.717, 1.165) is 53.0 Å². The van der Waals surface area contributed by atoms with Crippen molar-refractivity contribution in [3.63, 3.8) is 0 Å². The zero-order chi connectivity index (χ0) is 18.8. The highest BCUT2D eigenvalue weighted by molar-refractivity contribution is 7.99. The molecule has 3 aromatic rings. The predicted octanol–water partition coefficient (Wildman–Crippen LogP) is 4.68. The quantitative estimate of drug-likeness (QED) is 0.599. The van der Waals surface area contributed by atoms with Gasteiger partial charge in [0.2, 0.25) is 0 Å². The van der Waals surface area contributed by atoms with Gasteiger partial charge >= 0.3 is 0 Å². The lowest BCUT2D eigenvalue weighted by Crippen LogP contribution is -2.48. The Bertz CT molecular complexity index is 961. The minimum Gasteiger partial charge on any atom is -0.345 e. The van der Waals surface area contributed by atoms with E-state index in [4.69, 9.17) is 4.98 Å². The predicted molar refractivity (Wildman–Crippen MR) is 115 cm³/mol. The molecule has 0 aliphatic carbocycles. The molecule has 0 spiro atoms. The van der Waals surface area contributed by atoms with Gasteiger partial charge in [0.15, 0.2) is 5.13 Å². The second-order valence-corrected chi connectivity index (χ2v) is 9.00. The fourth-order valence-corrected chi connectivity index (χ4v) is 5.19. The molecule has 0 bridgehead atoms. The van der Waals surface area contributed by atoms with E-state index in [-0.39, 0.29) is 5.91 Å². The van der Waals surface area contributed by atoms with Crippen LogP contribution in [0.15, 0.2) is 47.4 Å². The fraction of sp³-hybridized carbons (Fsp3) is 0.333. The Balaban J connectivity index is 1.44. The van der Waals surface area contributed by atoms with Crippen LogP contribution in [-0.2, 0) is 0 Å². The van der Waals surface area contributed by atoms with Crippen molar-refractivity contribution in [3.8, 4) is 0 Å². The van der Waals surface area contributed by atoms with E-state index in [1.165, 1.54) is 10.3 Å². The van der Waals surface area contributed by atoms with E-state index in [1.54, 1.807) is 23.1 Å². The Morgan fingerprint density at radius 1 is 1.15 bits per heavy atom. The first-order chi connectivity index (χ1) is 13.2. The number of nitrogens with zero attached hydrogens (tertiary/aromatic N) is 3. The Kier molecular flexibility index (Phi) is 5.36. The summed E-state index contributed by atoms with van der Waals surface area (Å²) in [5.41, 5.74) is 3.10. The van der Waals surface area contributed by atoms with Crippen molar-refractivity contribution in [2.24, 2.45) is 0 Å². The molecule has 0 radical (unpaired) electrons. The average Bonchev–Trinajstić information content (AvgIpc) is 3.14. The molecule has 2 heterocycles. The lowest BCUT2D eigenvalue weighted by atomic mass is 10.2. The SMILES string of the molecule is CCSc1cccc(C(=O)N2CCN(c3nc4c(C)cccc4s3)CC2)c1. The zero-order valence-electron chi connectivity index (χ0n) is 15.6. The largest absolute Gasteiger partial charge is 0.345 e. The summed E-state index contributed by atoms with van der Waals surface area (Å²) in [7, 11) is 0. The molecule has 0 atom stereocenters. The highest BCUT2D eigenvalue weighted by Crippen LogP contribution is 2.31. The number of carbonyl (C=O) groups excluding carboxylic acids is 1. The molecule has 1 fully saturated rings. The number of rotatable bonds is 4. The molecule has 1 saturated heterocycles. The lowest BCUT2D eigenvalue weighted by molar-refractivity contribution is 0.0746. The van der Waals surface area contributed by atoms with E-state index >= 15 is 0 Å². The lowest BCUT2D eigenvalue weighted by Gasteiger charge is -2.34. The van der Waals surface area contributed by atoms with Crippen LogP contribution < -0.4 is 4.90 Å². The van der Waals surface area contributed by atoms with Gasteiger partial charge in [-0.15, -0.1) is 11.8 Å². The van der Waals surface area contributed by atoms with Gasteiger partial charge in [0.25, 0.3) is 5.91 Å². The van der Waals surface area contributed by atoms with Crippen molar-refractivity contribution < 1.29 is 4.79 Å². The third kappa shape index (κ3) is 3.82. The molecule has 140 valence electrons.